The number of piperidine rings is 1. The number of aromatic nitrogens is 1. The quantitative estimate of drug-likeness (QED) is 0.739. The van der Waals surface area contributed by atoms with Crippen molar-refractivity contribution < 1.29 is 9.59 Å². The molecule has 3 aliphatic rings. The second kappa shape index (κ2) is 9.24. The first-order valence-corrected chi connectivity index (χ1v) is 11.4. The smallest absolute Gasteiger partial charge is 0.254 e. The van der Waals surface area contributed by atoms with Crippen molar-refractivity contribution in [1.29, 1.82) is 0 Å². The predicted octanol–water partition coefficient (Wildman–Crippen LogP) is 2.72. The van der Waals surface area contributed by atoms with E-state index >= 15 is 0 Å². The minimum absolute atomic E-state index is 0.0655. The molecule has 29 heavy (non-hydrogen) atoms. The molecule has 1 saturated carbocycles. The van der Waals surface area contributed by atoms with Crippen LogP contribution in [0.25, 0.3) is 0 Å². The van der Waals surface area contributed by atoms with Crippen LogP contribution in [0.2, 0.25) is 0 Å². The summed E-state index contributed by atoms with van der Waals surface area (Å²) in [6.07, 6.45) is 9.44. The molecule has 2 saturated heterocycles. The van der Waals surface area contributed by atoms with Crippen LogP contribution < -0.4 is 0 Å². The third-order valence-corrected chi connectivity index (χ3v) is 6.86. The molecule has 0 bridgehead atoms. The first-order valence-electron chi connectivity index (χ1n) is 11.4. The zero-order valence-corrected chi connectivity index (χ0v) is 17.7. The fourth-order valence-corrected chi connectivity index (χ4v) is 4.87. The first-order chi connectivity index (χ1) is 14.1. The van der Waals surface area contributed by atoms with E-state index in [4.69, 9.17) is 0 Å². The maximum absolute atomic E-state index is 13.2. The lowest BCUT2D eigenvalue weighted by molar-refractivity contribution is -0.141. The molecule has 1 aromatic rings. The number of rotatable bonds is 6. The van der Waals surface area contributed by atoms with Crippen molar-refractivity contribution in [2.75, 3.05) is 39.3 Å². The zero-order chi connectivity index (χ0) is 20.2. The van der Waals surface area contributed by atoms with Crippen molar-refractivity contribution in [1.82, 2.24) is 19.7 Å². The number of hydrogen-bond acceptors (Lipinski definition) is 4. The number of pyridine rings is 1. The minimum Gasteiger partial charge on any atom is -0.337 e. The van der Waals surface area contributed by atoms with Crippen molar-refractivity contribution in [3.8, 4) is 0 Å². The molecule has 4 rings (SSSR count). The number of hydrogen-bond donors (Lipinski definition) is 0. The van der Waals surface area contributed by atoms with Gasteiger partial charge in [0, 0.05) is 55.6 Å². The van der Waals surface area contributed by atoms with E-state index in [0.29, 0.717) is 18.0 Å². The summed E-state index contributed by atoms with van der Waals surface area (Å²) in [6, 6.07) is 3.80. The van der Waals surface area contributed by atoms with Gasteiger partial charge < -0.3 is 14.7 Å². The van der Waals surface area contributed by atoms with E-state index in [1.165, 1.54) is 19.3 Å². The average Bonchev–Trinajstić information content (AvgIpc) is 3.20. The number of carbonyl (C=O) groups excluding carboxylic acids is 2. The van der Waals surface area contributed by atoms with Crippen molar-refractivity contribution in [2.45, 2.75) is 57.9 Å². The monoisotopic (exact) mass is 398 g/mol. The standard InChI is InChI=1S/C23H34N4O2/c1-18-16-20(9-10-24-18)22(28)26-13-5-8-21(17-26)27(23(29)19-6-4-7-19)15-14-25-11-2-3-12-25/h9-10,16,19,21H,2-8,11-15,17H2,1H3. The molecule has 1 aromatic heterocycles. The van der Waals surface area contributed by atoms with E-state index < -0.39 is 0 Å². The van der Waals surface area contributed by atoms with Gasteiger partial charge in [0.2, 0.25) is 5.91 Å². The minimum atomic E-state index is 0.0655. The summed E-state index contributed by atoms with van der Waals surface area (Å²) in [5.41, 5.74) is 1.56. The topological polar surface area (TPSA) is 56.8 Å². The van der Waals surface area contributed by atoms with E-state index in [1.807, 2.05) is 17.9 Å². The molecule has 6 heteroatoms. The maximum Gasteiger partial charge on any atom is 0.254 e. The third kappa shape index (κ3) is 4.80. The van der Waals surface area contributed by atoms with Gasteiger partial charge in [-0.25, -0.2) is 0 Å². The highest BCUT2D eigenvalue weighted by Gasteiger charge is 2.36. The van der Waals surface area contributed by atoms with Crippen LogP contribution in [0.1, 0.15) is 61.0 Å². The molecule has 2 amide bonds. The molecule has 1 atom stereocenters. The van der Waals surface area contributed by atoms with E-state index in [0.717, 1.165) is 64.1 Å². The van der Waals surface area contributed by atoms with E-state index in [2.05, 4.69) is 14.8 Å². The van der Waals surface area contributed by atoms with Crippen LogP contribution in [0.4, 0.5) is 0 Å². The summed E-state index contributed by atoms with van der Waals surface area (Å²) >= 11 is 0. The first kappa shape index (κ1) is 20.3. The van der Waals surface area contributed by atoms with Crippen LogP contribution in [0.15, 0.2) is 18.3 Å². The molecule has 1 aliphatic carbocycles. The van der Waals surface area contributed by atoms with E-state index in [-0.39, 0.29) is 17.9 Å². The van der Waals surface area contributed by atoms with Gasteiger partial charge in [-0.2, -0.15) is 0 Å². The summed E-state index contributed by atoms with van der Waals surface area (Å²) in [6.45, 7) is 7.41. The third-order valence-electron chi connectivity index (χ3n) is 6.86. The molecular weight excluding hydrogens is 364 g/mol. The van der Waals surface area contributed by atoms with Crippen LogP contribution in [0.5, 0.6) is 0 Å². The van der Waals surface area contributed by atoms with Crippen LogP contribution >= 0.6 is 0 Å². The summed E-state index contributed by atoms with van der Waals surface area (Å²) in [4.78, 5) is 37.0. The Labute approximate surface area is 174 Å². The fraction of sp³-hybridized carbons (Fsp3) is 0.696. The lowest BCUT2D eigenvalue weighted by Gasteiger charge is -2.42. The Morgan fingerprint density at radius 3 is 2.59 bits per heavy atom. The molecular formula is C23H34N4O2. The lowest BCUT2D eigenvalue weighted by atomic mass is 9.83. The zero-order valence-electron chi connectivity index (χ0n) is 17.7. The van der Waals surface area contributed by atoms with Gasteiger partial charge in [-0.1, -0.05) is 6.42 Å². The van der Waals surface area contributed by atoms with Gasteiger partial charge in [-0.15, -0.1) is 0 Å². The molecule has 3 heterocycles. The maximum atomic E-state index is 13.2. The van der Waals surface area contributed by atoms with Crippen LogP contribution in [-0.4, -0.2) is 76.8 Å². The van der Waals surface area contributed by atoms with Crippen LogP contribution in [-0.2, 0) is 4.79 Å². The normalized spacial score (nSPS) is 23.1. The van der Waals surface area contributed by atoms with Gasteiger partial charge in [-0.3, -0.25) is 14.6 Å². The Kier molecular flexibility index (Phi) is 6.48. The van der Waals surface area contributed by atoms with Gasteiger partial charge in [-0.05, 0) is 70.7 Å². The van der Waals surface area contributed by atoms with E-state index in [1.54, 1.807) is 12.3 Å². The van der Waals surface area contributed by atoms with Crippen molar-refractivity contribution in [3.05, 3.63) is 29.6 Å². The highest BCUT2D eigenvalue weighted by molar-refractivity contribution is 5.94. The van der Waals surface area contributed by atoms with Crippen LogP contribution in [0, 0.1) is 12.8 Å². The van der Waals surface area contributed by atoms with Crippen molar-refractivity contribution >= 4 is 11.8 Å². The van der Waals surface area contributed by atoms with Crippen molar-refractivity contribution in [3.63, 3.8) is 0 Å². The molecule has 2 aliphatic heterocycles. The number of nitrogens with zero attached hydrogens (tertiary/aromatic N) is 4. The SMILES string of the molecule is Cc1cc(C(=O)N2CCCC(N(CCN3CCCC3)C(=O)C3CCC3)C2)ccn1. The Balaban J connectivity index is 1.44. The number of aryl methyl sites for hydroxylation is 1. The van der Waals surface area contributed by atoms with Crippen molar-refractivity contribution in [2.24, 2.45) is 5.92 Å². The molecule has 0 N–H and O–H groups in total. The second-order valence-electron chi connectivity index (χ2n) is 8.94. The Hall–Kier alpha value is -1.95. The number of carbonyl (C=O) groups is 2. The molecule has 158 valence electrons. The molecule has 0 aromatic carbocycles. The number of amides is 2. The Morgan fingerprint density at radius 2 is 1.90 bits per heavy atom. The average molecular weight is 399 g/mol. The summed E-state index contributed by atoms with van der Waals surface area (Å²) in [7, 11) is 0. The van der Waals surface area contributed by atoms with Gasteiger partial charge in [0.1, 0.15) is 0 Å². The van der Waals surface area contributed by atoms with Gasteiger partial charge in [0.15, 0.2) is 0 Å². The largest absolute Gasteiger partial charge is 0.337 e. The Bertz CT molecular complexity index is 727. The summed E-state index contributed by atoms with van der Waals surface area (Å²) < 4.78 is 0. The summed E-state index contributed by atoms with van der Waals surface area (Å²) in [5.74, 6) is 0.604. The lowest BCUT2D eigenvalue weighted by Crippen LogP contribution is -2.55. The Morgan fingerprint density at radius 1 is 1.10 bits per heavy atom. The predicted molar refractivity (Wildman–Crippen MR) is 113 cm³/mol. The molecule has 1 unspecified atom stereocenters. The van der Waals surface area contributed by atoms with E-state index in [9.17, 15) is 9.59 Å². The molecule has 6 nitrogen and oxygen atoms in total. The van der Waals surface area contributed by atoms with Gasteiger partial charge in [0.05, 0.1) is 0 Å². The fourth-order valence-electron chi connectivity index (χ4n) is 4.87. The molecule has 0 spiro atoms. The van der Waals surface area contributed by atoms with Gasteiger partial charge in [0.25, 0.3) is 5.91 Å². The summed E-state index contributed by atoms with van der Waals surface area (Å²) in [5, 5.41) is 0. The highest BCUT2D eigenvalue weighted by atomic mass is 16.2. The number of likely N-dealkylation sites (tertiary alicyclic amines) is 2. The molecule has 3 fully saturated rings. The highest BCUT2D eigenvalue weighted by Crippen LogP contribution is 2.30. The second-order valence-corrected chi connectivity index (χ2v) is 8.94. The molecule has 0 radical (unpaired) electrons. The van der Waals surface area contributed by atoms with Gasteiger partial charge >= 0.3 is 0 Å². The van der Waals surface area contributed by atoms with Crippen LogP contribution in [0.3, 0.4) is 0 Å².